The van der Waals surface area contributed by atoms with Crippen LogP contribution in [-0.2, 0) is 17.8 Å². The number of halogens is 1. The van der Waals surface area contributed by atoms with Gasteiger partial charge in [-0.25, -0.2) is 0 Å². The van der Waals surface area contributed by atoms with Crippen LogP contribution in [-0.4, -0.2) is 19.1 Å². The fourth-order valence-electron chi connectivity index (χ4n) is 4.17. The van der Waals surface area contributed by atoms with Crippen molar-refractivity contribution in [1.82, 2.24) is 5.32 Å². The molecule has 144 valence electrons. The second kappa shape index (κ2) is 8.77. The van der Waals surface area contributed by atoms with Crippen molar-refractivity contribution in [2.24, 2.45) is 17.6 Å². The smallest absolute Gasteiger partial charge is 0.223 e. The van der Waals surface area contributed by atoms with Gasteiger partial charge in [-0.3, -0.25) is 4.79 Å². The summed E-state index contributed by atoms with van der Waals surface area (Å²) in [5, 5.41) is 3.09. The fourth-order valence-corrected chi connectivity index (χ4v) is 4.17. The lowest BCUT2D eigenvalue weighted by Gasteiger charge is -2.17. The van der Waals surface area contributed by atoms with Crippen molar-refractivity contribution >= 4 is 18.3 Å². The van der Waals surface area contributed by atoms with Gasteiger partial charge in [-0.05, 0) is 59.7 Å². The van der Waals surface area contributed by atoms with Crippen molar-refractivity contribution in [2.45, 2.75) is 32.2 Å². The van der Waals surface area contributed by atoms with E-state index in [1.165, 1.54) is 16.7 Å². The summed E-state index contributed by atoms with van der Waals surface area (Å²) in [6, 6.07) is 14.8. The van der Waals surface area contributed by atoms with Crippen LogP contribution in [0.3, 0.4) is 0 Å². The molecule has 1 aliphatic heterocycles. The van der Waals surface area contributed by atoms with Gasteiger partial charge in [0.15, 0.2) is 0 Å². The molecule has 27 heavy (non-hydrogen) atoms. The molecule has 0 spiro atoms. The zero-order valence-electron chi connectivity index (χ0n) is 15.4. The van der Waals surface area contributed by atoms with Crippen molar-refractivity contribution in [3.05, 3.63) is 53.6 Å². The number of carbonyl (C=O) groups is 1. The summed E-state index contributed by atoms with van der Waals surface area (Å²) in [4.78, 5) is 12.4. The third kappa shape index (κ3) is 4.28. The van der Waals surface area contributed by atoms with Crippen LogP contribution in [0, 0.1) is 11.8 Å². The molecule has 0 unspecified atom stereocenters. The topological polar surface area (TPSA) is 64.4 Å². The van der Waals surface area contributed by atoms with Gasteiger partial charge in [0.25, 0.3) is 0 Å². The first kappa shape index (κ1) is 19.7. The zero-order chi connectivity index (χ0) is 17.9. The zero-order valence-corrected chi connectivity index (χ0v) is 16.3. The summed E-state index contributed by atoms with van der Waals surface area (Å²) in [6.07, 6.45) is 4.14. The molecule has 1 saturated carbocycles. The highest BCUT2D eigenvalue weighted by Crippen LogP contribution is 2.32. The van der Waals surface area contributed by atoms with E-state index in [1.54, 1.807) is 0 Å². The molecule has 1 aliphatic carbocycles. The minimum absolute atomic E-state index is 0. The molecule has 0 radical (unpaired) electrons. The van der Waals surface area contributed by atoms with E-state index in [1.807, 2.05) is 0 Å². The van der Waals surface area contributed by atoms with Crippen molar-refractivity contribution in [2.75, 3.05) is 13.2 Å². The van der Waals surface area contributed by atoms with Crippen molar-refractivity contribution in [1.29, 1.82) is 0 Å². The predicted molar refractivity (Wildman–Crippen MR) is 110 cm³/mol. The van der Waals surface area contributed by atoms with Crippen molar-refractivity contribution in [3.8, 4) is 16.9 Å². The number of nitrogens with one attached hydrogen (secondary N) is 1. The summed E-state index contributed by atoms with van der Waals surface area (Å²) in [5.41, 5.74) is 10.6. The van der Waals surface area contributed by atoms with E-state index in [9.17, 15) is 4.79 Å². The van der Waals surface area contributed by atoms with Gasteiger partial charge in [0, 0.05) is 18.9 Å². The van der Waals surface area contributed by atoms with E-state index in [0.29, 0.717) is 19.0 Å². The molecule has 1 heterocycles. The van der Waals surface area contributed by atoms with Gasteiger partial charge in [0.05, 0.1) is 6.61 Å². The maximum absolute atomic E-state index is 12.4. The maximum atomic E-state index is 12.4. The lowest BCUT2D eigenvalue weighted by Crippen LogP contribution is -2.34. The number of rotatable bonds is 5. The Bertz CT molecular complexity index is 791. The van der Waals surface area contributed by atoms with Crippen LogP contribution in [0.25, 0.3) is 11.1 Å². The van der Waals surface area contributed by atoms with E-state index in [2.05, 4.69) is 47.8 Å². The van der Waals surface area contributed by atoms with Gasteiger partial charge in [-0.15, -0.1) is 12.4 Å². The number of hydrogen-bond acceptors (Lipinski definition) is 3. The molecule has 1 fully saturated rings. The van der Waals surface area contributed by atoms with Crippen LogP contribution >= 0.6 is 12.4 Å². The van der Waals surface area contributed by atoms with Crippen LogP contribution in [0.5, 0.6) is 5.75 Å². The monoisotopic (exact) mass is 386 g/mol. The third-order valence-electron chi connectivity index (χ3n) is 5.74. The molecule has 3 N–H and O–H groups in total. The first-order valence-corrected chi connectivity index (χ1v) is 9.57. The molecule has 2 aromatic rings. The third-order valence-corrected chi connectivity index (χ3v) is 5.74. The summed E-state index contributed by atoms with van der Waals surface area (Å²) in [5.74, 6) is 1.60. The summed E-state index contributed by atoms with van der Waals surface area (Å²) < 4.78 is 5.57. The quantitative estimate of drug-likeness (QED) is 0.823. The highest BCUT2D eigenvalue weighted by Gasteiger charge is 2.31. The highest BCUT2D eigenvalue weighted by molar-refractivity contribution is 5.85. The second-order valence-corrected chi connectivity index (χ2v) is 7.37. The Morgan fingerprint density at radius 3 is 2.67 bits per heavy atom. The SMILES string of the molecule is Cl.NC[C@H]1CCC[C@H]1C(=O)NCc1ccc(-c2ccc3c(c2)CCO3)cc1. The van der Waals surface area contributed by atoms with E-state index >= 15 is 0 Å². The molecule has 0 aromatic heterocycles. The number of fused-ring (bicyclic) bond motifs is 1. The number of benzene rings is 2. The minimum Gasteiger partial charge on any atom is -0.493 e. The molecule has 0 bridgehead atoms. The Labute approximate surface area is 166 Å². The molecule has 2 aromatic carbocycles. The molecule has 0 saturated heterocycles. The van der Waals surface area contributed by atoms with Gasteiger partial charge in [0.2, 0.25) is 5.91 Å². The van der Waals surface area contributed by atoms with E-state index in [0.717, 1.165) is 43.6 Å². The molecule has 1 amide bonds. The molecule has 2 atom stereocenters. The number of ether oxygens (including phenoxy) is 1. The molecule has 4 nitrogen and oxygen atoms in total. The first-order valence-electron chi connectivity index (χ1n) is 9.57. The Kier molecular flexibility index (Phi) is 6.40. The lowest BCUT2D eigenvalue weighted by molar-refractivity contribution is -0.126. The van der Waals surface area contributed by atoms with Gasteiger partial charge in [-0.1, -0.05) is 36.8 Å². The Hall–Kier alpha value is -2.04. The average Bonchev–Trinajstić information content (AvgIpc) is 3.34. The normalized spacial score (nSPS) is 20.5. The van der Waals surface area contributed by atoms with Crippen LogP contribution in [0.15, 0.2) is 42.5 Å². The van der Waals surface area contributed by atoms with Gasteiger partial charge >= 0.3 is 0 Å². The van der Waals surface area contributed by atoms with Crippen molar-refractivity contribution in [3.63, 3.8) is 0 Å². The maximum Gasteiger partial charge on any atom is 0.223 e. The second-order valence-electron chi connectivity index (χ2n) is 7.37. The Balaban J connectivity index is 0.00000210. The summed E-state index contributed by atoms with van der Waals surface area (Å²) in [7, 11) is 0. The molecule has 4 rings (SSSR count). The Morgan fingerprint density at radius 1 is 1.11 bits per heavy atom. The summed E-state index contributed by atoms with van der Waals surface area (Å²) in [6.45, 7) is 1.97. The predicted octanol–water partition coefficient (Wildman–Crippen LogP) is 3.70. The standard InChI is InChI=1S/C22H26N2O2.ClH/c23-13-19-2-1-3-20(19)22(25)24-14-15-4-6-16(7-5-15)17-8-9-21-18(12-17)10-11-26-21;/h4-9,12,19-20H,1-3,10-11,13-14,23H2,(H,24,25);1H/t19-,20-;/m1./s1. The van der Waals surface area contributed by atoms with Crippen LogP contribution in [0.2, 0.25) is 0 Å². The van der Waals surface area contributed by atoms with Gasteiger partial charge < -0.3 is 15.8 Å². The van der Waals surface area contributed by atoms with Crippen molar-refractivity contribution < 1.29 is 9.53 Å². The van der Waals surface area contributed by atoms with Crippen LogP contribution in [0.4, 0.5) is 0 Å². The minimum atomic E-state index is 0. The molecular formula is C22H27ClN2O2. The highest BCUT2D eigenvalue weighted by atomic mass is 35.5. The van der Waals surface area contributed by atoms with E-state index in [4.69, 9.17) is 10.5 Å². The molecular weight excluding hydrogens is 360 g/mol. The summed E-state index contributed by atoms with van der Waals surface area (Å²) >= 11 is 0. The average molecular weight is 387 g/mol. The van der Waals surface area contributed by atoms with Gasteiger partial charge in [0.1, 0.15) is 5.75 Å². The molecule has 5 heteroatoms. The van der Waals surface area contributed by atoms with Gasteiger partial charge in [-0.2, -0.15) is 0 Å². The largest absolute Gasteiger partial charge is 0.493 e. The Morgan fingerprint density at radius 2 is 1.89 bits per heavy atom. The number of carbonyl (C=O) groups excluding carboxylic acids is 1. The van der Waals surface area contributed by atoms with Crippen LogP contribution in [0.1, 0.15) is 30.4 Å². The molecule has 2 aliphatic rings. The first-order chi connectivity index (χ1) is 12.7. The number of nitrogens with two attached hydrogens (primary N) is 1. The fraction of sp³-hybridized carbons (Fsp3) is 0.409. The lowest BCUT2D eigenvalue weighted by atomic mass is 9.95. The van der Waals surface area contributed by atoms with E-state index in [-0.39, 0.29) is 24.2 Å². The number of hydrogen-bond donors (Lipinski definition) is 2. The number of amides is 1. The van der Waals surface area contributed by atoms with E-state index < -0.39 is 0 Å². The van der Waals surface area contributed by atoms with Crippen LogP contribution < -0.4 is 15.8 Å².